The van der Waals surface area contributed by atoms with E-state index in [4.69, 9.17) is 0 Å². The van der Waals surface area contributed by atoms with Gasteiger partial charge in [0.2, 0.25) is 0 Å². The predicted molar refractivity (Wildman–Crippen MR) is 49.0 cm³/mol. The van der Waals surface area contributed by atoms with E-state index in [2.05, 4.69) is 41.9 Å². The summed E-state index contributed by atoms with van der Waals surface area (Å²) in [7, 11) is 0. The first kappa shape index (κ1) is 8.72. The molecule has 0 aliphatic carbocycles. The van der Waals surface area contributed by atoms with E-state index in [0.717, 1.165) is 25.8 Å². The monoisotopic (exact) mass is 391 g/mol. The molecule has 0 N–H and O–H groups in total. The summed E-state index contributed by atoms with van der Waals surface area (Å²) in [4.78, 5) is 0. The van der Waals surface area contributed by atoms with Crippen molar-refractivity contribution in [3.63, 3.8) is 0 Å². The first-order valence-electron chi connectivity index (χ1n) is 3.09. The first-order valence-corrected chi connectivity index (χ1v) is 5.83. The number of benzene rings is 1. The Kier molecular flexibility index (Phi) is 2.92. The van der Waals surface area contributed by atoms with Crippen molar-refractivity contribution in [2.45, 2.75) is 13.8 Å². The van der Waals surface area contributed by atoms with Crippen LogP contribution in [0.4, 0.5) is 0 Å². The SMILES string of the molecule is Cc1cc(Br)cc(C)[c]1[Pb]. The van der Waals surface area contributed by atoms with Crippen LogP contribution in [0, 0.1) is 13.8 Å². The Bertz CT molecular complexity index is 232. The molecule has 1 rings (SSSR count). The summed E-state index contributed by atoms with van der Waals surface area (Å²) < 4.78 is 2.73. The van der Waals surface area contributed by atoms with Crippen LogP contribution < -0.4 is 3.12 Å². The van der Waals surface area contributed by atoms with Gasteiger partial charge in [-0.1, -0.05) is 0 Å². The maximum atomic E-state index is 3.46. The fourth-order valence-electron chi connectivity index (χ4n) is 0.911. The van der Waals surface area contributed by atoms with E-state index < -0.39 is 0 Å². The average molecular weight is 391 g/mol. The fraction of sp³-hybridized carbons (Fsp3) is 0.250. The minimum atomic E-state index is 1.16. The zero-order chi connectivity index (χ0) is 7.72. The van der Waals surface area contributed by atoms with Crippen molar-refractivity contribution in [1.29, 1.82) is 0 Å². The van der Waals surface area contributed by atoms with E-state index in [1.165, 1.54) is 18.7 Å². The maximum absolute atomic E-state index is 3.46. The summed E-state index contributed by atoms with van der Waals surface area (Å²) in [5.74, 6) is 0. The minimum absolute atomic E-state index is 1.16. The molecule has 2 heteroatoms. The Morgan fingerprint density at radius 2 is 1.60 bits per heavy atom. The van der Waals surface area contributed by atoms with E-state index >= 15 is 0 Å². The Morgan fingerprint density at radius 3 is 2.00 bits per heavy atom. The zero-order valence-corrected chi connectivity index (χ0v) is 11.5. The third kappa shape index (κ3) is 1.81. The van der Waals surface area contributed by atoms with Gasteiger partial charge in [-0.25, -0.2) is 0 Å². The standard InChI is InChI=1S/C8H8Br.Pb/c1-6-3-7(2)5-8(9)4-6;/h4-5H,1-2H3;. The molecule has 0 amide bonds. The van der Waals surface area contributed by atoms with Crippen LogP contribution in [0.2, 0.25) is 0 Å². The van der Waals surface area contributed by atoms with Gasteiger partial charge in [0.25, 0.3) is 0 Å². The van der Waals surface area contributed by atoms with Gasteiger partial charge in [-0.3, -0.25) is 0 Å². The third-order valence-electron chi connectivity index (χ3n) is 1.50. The molecule has 0 saturated carbocycles. The summed E-state index contributed by atoms with van der Waals surface area (Å²) in [5.41, 5.74) is 2.83. The van der Waals surface area contributed by atoms with Crippen LogP contribution >= 0.6 is 15.9 Å². The Hall–Kier alpha value is 0.622. The van der Waals surface area contributed by atoms with Crippen molar-refractivity contribution in [3.05, 3.63) is 27.7 Å². The summed E-state index contributed by atoms with van der Waals surface area (Å²) >= 11 is 4.62. The molecule has 0 bridgehead atoms. The molecule has 0 atom stereocenters. The number of rotatable bonds is 0. The van der Waals surface area contributed by atoms with Gasteiger partial charge >= 0.3 is 86.4 Å². The molecule has 0 aromatic heterocycles. The molecule has 0 unspecified atom stereocenters. The van der Waals surface area contributed by atoms with Crippen LogP contribution in [0.1, 0.15) is 11.1 Å². The molecule has 51 valence electrons. The molecule has 0 aliphatic heterocycles. The first-order chi connectivity index (χ1) is 4.61. The number of hydrogen-bond donors (Lipinski definition) is 0. The Balaban J connectivity index is 3.31. The van der Waals surface area contributed by atoms with Gasteiger partial charge < -0.3 is 0 Å². The molecule has 0 aliphatic rings. The molecule has 0 spiro atoms. The second-order valence-corrected chi connectivity index (χ2v) is 5.27. The van der Waals surface area contributed by atoms with Gasteiger partial charge in [0.1, 0.15) is 0 Å². The van der Waals surface area contributed by atoms with Crippen molar-refractivity contribution in [3.8, 4) is 0 Å². The van der Waals surface area contributed by atoms with Crippen LogP contribution in [0.15, 0.2) is 16.6 Å². The third-order valence-corrected chi connectivity index (χ3v) is 5.02. The van der Waals surface area contributed by atoms with E-state index in [1.807, 2.05) is 0 Å². The number of aryl methyl sites for hydroxylation is 2. The van der Waals surface area contributed by atoms with Crippen molar-refractivity contribution in [2.75, 3.05) is 0 Å². The summed E-state index contributed by atoms with van der Waals surface area (Å²) in [5, 5.41) is 0. The normalized spacial score (nSPS) is 10.0. The van der Waals surface area contributed by atoms with Gasteiger partial charge in [-0.05, 0) is 0 Å². The molecule has 0 nitrogen and oxygen atoms in total. The summed E-state index contributed by atoms with van der Waals surface area (Å²) in [6.45, 7) is 4.33. The molecular formula is C8H8BrPb. The predicted octanol–water partition coefficient (Wildman–Crippen LogP) is 1.86. The second-order valence-electron chi connectivity index (χ2n) is 2.41. The van der Waals surface area contributed by atoms with Gasteiger partial charge in [0, 0.05) is 0 Å². The Labute approximate surface area is 85.8 Å². The van der Waals surface area contributed by atoms with Crippen molar-refractivity contribution < 1.29 is 0 Å². The van der Waals surface area contributed by atoms with Gasteiger partial charge in [0.05, 0.1) is 0 Å². The van der Waals surface area contributed by atoms with E-state index in [0.29, 0.717) is 0 Å². The molecule has 0 heterocycles. The molecule has 0 fully saturated rings. The second kappa shape index (κ2) is 3.35. The average Bonchev–Trinajstić information content (AvgIpc) is 1.82. The number of halogens is 1. The Morgan fingerprint density at radius 1 is 1.20 bits per heavy atom. The van der Waals surface area contributed by atoms with E-state index in [9.17, 15) is 0 Å². The van der Waals surface area contributed by atoms with E-state index in [1.54, 1.807) is 0 Å². The molecule has 0 saturated heterocycles. The van der Waals surface area contributed by atoms with Crippen molar-refractivity contribution in [1.82, 2.24) is 0 Å². The van der Waals surface area contributed by atoms with Crippen LogP contribution in [-0.2, 0) is 0 Å². The van der Waals surface area contributed by atoms with Crippen LogP contribution in [0.5, 0.6) is 0 Å². The van der Waals surface area contributed by atoms with Crippen LogP contribution in [0.3, 0.4) is 0 Å². The summed E-state index contributed by atoms with van der Waals surface area (Å²) in [6, 6.07) is 4.35. The molecular weight excluding hydrogens is 383 g/mol. The zero-order valence-electron chi connectivity index (χ0n) is 6.03. The molecule has 10 heavy (non-hydrogen) atoms. The van der Waals surface area contributed by atoms with Crippen LogP contribution in [-0.4, -0.2) is 25.8 Å². The van der Waals surface area contributed by atoms with Crippen molar-refractivity contribution in [2.24, 2.45) is 0 Å². The van der Waals surface area contributed by atoms with Gasteiger partial charge in [-0.2, -0.15) is 0 Å². The topological polar surface area (TPSA) is 0 Å². The molecule has 1 aromatic carbocycles. The fourth-order valence-corrected chi connectivity index (χ4v) is 2.16. The molecule has 3 radical (unpaired) electrons. The summed E-state index contributed by atoms with van der Waals surface area (Å²) in [6.07, 6.45) is 0. The molecule has 1 aromatic rings. The quantitative estimate of drug-likeness (QED) is 0.593. The number of hydrogen-bond acceptors (Lipinski definition) is 0. The van der Waals surface area contributed by atoms with Crippen molar-refractivity contribution >= 4 is 44.8 Å². The van der Waals surface area contributed by atoms with Gasteiger partial charge in [0.15, 0.2) is 0 Å². The van der Waals surface area contributed by atoms with E-state index in [-0.39, 0.29) is 0 Å². The van der Waals surface area contributed by atoms with Crippen LogP contribution in [0.25, 0.3) is 0 Å². The van der Waals surface area contributed by atoms with Gasteiger partial charge in [-0.15, -0.1) is 0 Å².